The Hall–Kier alpha value is -2.87. The zero-order valence-corrected chi connectivity index (χ0v) is 16.2. The van der Waals surface area contributed by atoms with Crippen LogP contribution in [-0.2, 0) is 9.53 Å². The maximum Gasteiger partial charge on any atom is 0.255 e. The highest BCUT2D eigenvalue weighted by atomic mass is 19.1. The molecule has 1 fully saturated rings. The second-order valence-electron chi connectivity index (χ2n) is 6.67. The second-order valence-corrected chi connectivity index (χ2v) is 6.67. The smallest absolute Gasteiger partial charge is 0.255 e. The summed E-state index contributed by atoms with van der Waals surface area (Å²) < 4.78 is 18.2. The molecular weight excluding hydrogens is 363 g/mol. The summed E-state index contributed by atoms with van der Waals surface area (Å²) >= 11 is 0. The minimum atomic E-state index is -1.06. The molecule has 1 aromatic carbocycles. The number of carbonyl (C=O) groups is 2. The third-order valence-corrected chi connectivity index (χ3v) is 4.91. The van der Waals surface area contributed by atoms with Crippen molar-refractivity contribution in [1.82, 2.24) is 9.80 Å². The second kappa shape index (κ2) is 9.89. The van der Waals surface area contributed by atoms with E-state index in [4.69, 9.17) is 16.2 Å². The number of hydrogen-bond donors (Lipinski definition) is 2. The molecule has 1 heterocycles. The quantitative estimate of drug-likeness (QED) is 0.568. The maximum atomic E-state index is 12.9. The lowest BCUT2D eigenvalue weighted by atomic mass is 9.92. The van der Waals surface area contributed by atoms with Crippen LogP contribution in [0.1, 0.15) is 35.7 Å². The predicted molar refractivity (Wildman–Crippen MR) is 105 cm³/mol. The van der Waals surface area contributed by atoms with Gasteiger partial charge in [0.15, 0.2) is 5.95 Å². The molecule has 7 nitrogen and oxygen atoms in total. The molecule has 2 amide bonds. The summed E-state index contributed by atoms with van der Waals surface area (Å²) in [5.74, 6) is -1.78. The fraction of sp³-hybridized carbons (Fsp3) is 0.400. The number of halogens is 1. The number of ether oxygens (including phenoxy) is 1. The Bertz CT molecular complexity index is 738. The van der Waals surface area contributed by atoms with Gasteiger partial charge in [0.25, 0.3) is 11.8 Å². The van der Waals surface area contributed by atoms with E-state index >= 15 is 0 Å². The molecule has 0 aliphatic carbocycles. The number of nitrogens with two attached hydrogens (primary N) is 2. The van der Waals surface area contributed by atoms with Crippen LogP contribution in [0, 0.1) is 0 Å². The zero-order valence-electron chi connectivity index (χ0n) is 16.2. The molecule has 28 heavy (non-hydrogen) atoms. The summed E-state index contributed by atoms with van der Waals surface area (Å²) in [7, 11) is 0. The van der Waals surface area contributed by atoms with Crippen molar-refractivity contribution in [3.63, 3.8) is 0 Å². The minimum Gasteiger partial charge on any atom is -0.403 e. The van der Waals surface area contributed by atoms with Crippen LogP contribution in [0.5, 0.6) is 0 Å². The predicted octanol–water partition coefficient (Wildman–Crippen LogP) is 1.68. The van der Waals surface area contributed by atoms with E-state index in [1.807, 2.05) is 26.0 Å². The van der Waals surface area contributed by atoms with Gasteiger partial charge in [-0.15, -0.1) is 0 Å². The van der Waals surface area contributed by atoms with E-state index in [2.05, 4.69) is 0 Å². The first kappa shape index (κ1) is 21.4. The zero-order chi connectivity index (χ0) is 20.7. The Morgan fingerprint density at radius 1 is 1.21 bits per heavy atom. The molecule has 1 aliphatic heterocycles. The molecule has 2 atom stereocenters. The number of carbonyl (C=O) groups excluding carboxylic acids is 2. The number of rotatable bonds is 6. The van der Waals surface area contributed by atoms with Crippen molar-refractivity contribution in [2.45, 2.75) is 25.8 Å². The number of benzene rings is 1. The van der Waals surface area contributed by atoms with Gasteiger partial charge in [-0.25, -0.2) is 0 Å². The van der Waals surface area contributed by atoms with Crippen LogP contribution in [0.25, 0.3) is 0 Å². The fourth-order valence-corrected chi connectivity index (χ4v) is 3.09. The molecule has 4 N–H and O–H groups in total. The molecule has 152 valence electrons. The number of nitrogens with zero attached hydrogens (tertiary/aromatic N) is 2. The summed E-state index contributed by atoms with van der Waals surface area (Å²) in [6, 6.07) is 6.97. The average Bonchev–Trinajstić information content (AvgIpc) is 2.70. The van der Waals surface area contributed by atoms with E-state index in [0.29, 0.717) is 37.9 Å². The first-order valence-electron chi connectivity index (χ1n) is 9.15. The van der Waals surface area contributed by atoms with E-state index in [0.717, 1.165) is 5.56 Å². The number of hydrogen-bond acceptors (Lipinski definition) is 5. The van der Waals surface area contributed by atoms with Crippen LogP contribution in [-0.4, -0.2) is 54.0 Å². The van der Waals surface area contributed by atoms with Crippen molar-refractivity contribution < 1.29 is 18.7 Å². The van der Waals surface area contributed by atoms with Gasteiger partial charge in [0, 0.05) is 43.0 Å². The Labute approximate surface area is 164 Å². The van der Waals surface area contributed by atoms with Gasteiger partial charge in [-0.1, -0.05) is 19.1 Å². The van der Waals surface area contributed by atoms with Gasteiger partial charge in [0.05, 0.1) is 19.3 Å². The third kappa shape index (κ3) is 5.32. The first-order valence-corrected chi connectivity index (χ1v) is 9.15. The van der Waals surface area contributed by atoms with Crippen molar-refractivity contribution in [3.8, 4) is 0 Å². The molecule has 1 aliphatic rings. The van der Waals surface area contributed by atoms with Gasteiger partial charge in [0.2, 0.25) is 0 Å². The third-order valence-electron chi connectivity index (χ3n) is 4.91. The lowest BCUT2D eigenvalue weighted by Gasteiger charge is -2.30. The fourth-order valence-electron chi connectivity index (χ4n) is 3.09. The van der Waals surface area contributed by atoms with Crippen LogP contribution in [0.2, 0.25) is 0 Å². The minimum absolute atomic E-state index is 0.0259. The number of morpholine rings is 1. The van der Waals surface area contributed by atoms with Gasteiger partial charge in [-0.2, -0.15) is 4.39 Å². The van der Waals surface area contributed by atoms with E-state index in [1.54, 1.807) is 17.0 Å². The molecule has 0 spiro atoms. The van der Waals surface area contributed by atoms with Gasteiger partial charge in [-0.3, -0.25) is 9.59 Å². The van der Waals surface area contributed by atoms with Gasteiger partial charge >= 0.3 is 0 Å². The molecule has 1 saturated heterocycles. The van der Waals surface area contributed by atoms with Crippen LogP contribution in [0.4, 0.5) is 4.39 Å². The first-order chi connectivity index (χ1) is 13.3. The lowest BCUT2D eigenvalue weighted by Crippen LogP contribution is -2.40. The molecule has 0 saturated carbocycles. The van der Waals surface area contributed by atoms with Crippen LogP contribution < -0.4 is 11.5 Å². The Morgan fingerprint density at radius 2 is 1.82 bits per heavy atom. The monoisotopic (exact) mass is 390 g/mol. The largest absolute Gasteiger partial charge is 0.403 e. The van der Waals surface area contributed by atoms with Crippen molar-refractivity contribution in [3.05, 3.63) is 59.8 Å². The summed E-state index contributed by atoms with van der Waals surface area (Å²) in [6.07, 6.45) is 3.32. The summed E-state index contributed by atoms with van der Waals surface area (Å²) in [4.78, 5) is 27.8. The molecule has 0 aromatic heterocycles. The Kier molecular flexibility index (Phi) is 7.57. The normalized spacial score (nSPS) is 17.4. The highest BCUT2D eigenvalue weighted by Crippen LogP contribution is 2.24. The van der Waals surface area contributed by atoms with Crippen LogP contribution >= 0.6 is 0 Å². The van der Waals surface area contributed by atoms with Gasteiger partial charge in [-0.05, 0) is 24.6 Å². The SMILES string of the molecule is CC(c1ccc(C(=O)N2CCOCC2)cc1)C(C)N(/C=C\N)C(=O)/C=C(\N)F. The summed E-state index contributed by atoms with van der Waals surface area (Å²) in [5, 5.41) is 0. The van der Waals surface area contributed by atoms with E-state index in [1.165, 1.54) is 17.3 Å². The topological polar surface area (TPSA) is 102 Å². The molecular formula is C20H27FN4O3. The van der Waals surface area contributed by atoms with E-state index in [-0.39, 0.29) is 17.9 Å². The van der Waals surface area contributed by atoms with Crippen molar-refractivity contribution in [1.29, 1.82) is 0 Å². The number of amides is 2. The van der Waals surface area contributed by atoms with E-state index < -0.39 is 11.9 Å². The van der Waals surface area contributed by atoms with Crippen LogP contribution in [0.15, 0.2) is 48.7 Å². The molecule has 0 bridgehead atoms. The highest BCUT2D eigenvalue weighted by Gasteiger charge is 2.24. The highest BCUT2D eigenvalue weighted by molar-refractivity contribution is 5.94. The molecule has 8 heteroatoms. The van der Waals surface area contributed by atoms with Crippen LogP contribution in [0.3, 0.4) is 0 Å². The molecule has 1 aromatic rings. The van der Waals surface area contributed by atoms with E-state index in [9.17, 15) is 14.0 Å². The van der Waals surface area contributed by atoms with Gasteiger partial charge in [0.1, 0.15) is 0 Å². The Morgan fingerprint density at radius 3 is 2.36 bits per heavy atom. The molecule has 2 rings (SSSR count). The van der Waals surface area contributed by atoms with Crippen molar-refractivity contribution in [2.75, 3.05) is 26.3 Å². The van der Waals surface area contributed by atoms with Crippen molar-refractivity contribution >= 4 is 11.8 Å². The average molecular weight is 390 g/mol. The standard InChI is InChI=1S/C20H27FN4O3/c1-14(15(2)25(8-7-22)19(26)13-18(21)23)16-3-5-17(6-4-16)20(27)24-9-11-28-12-10-24/h3-8,13-15H,9-12,22-23H2,1-2H3/b8-7-,18-13-. The summed E-state index contributed by atoms with van der Waals surface area (Å²) in [5.41, 5.74) is 11.9. The Balaban J connectivity index is 2.13. The maximum absolute atomic E-state index is 12.9. The van der Waals surface area contributed by atoms with Gasteiger partial charge < -0.3 is 26.0 Å². The lowest BCUT2D eigenvalue weighted by molar-refractivity contribution is -0.125. The molecule has 2 unspecified atom stereocenters. The molecule has 0 radical (unpaired) electrons. The van der Waals surface area contributed by atoms with Crippen molar-refractivity contribution in [2.24, 2.45) is 11.5 Å². The summed E-state index contributed by atoms with van der Waals surface area (Å²) in [6.45, 7) is 6.04.